The number of nitrogens with one attached hydrogen (secondary N) is 1. The maximum Gasteiger partial charge on any atom is -0.00143 e. The van der Waals surface area contributed by atoms with Gasteiger partial charge in [-0.1, -0.05) is 26.0 Å². The molecule has 0 heterocycles. The standard InChI is InChI=1S/C17H27N/c1-11(2)9-18-10-15-8-17(15)16-7-13(4)12(3)6-14(16)5/h6-7,11,15,17-18H,8-10H2,1-5H3. The van der Waals surface area contributed by atoms with Crippen LogP contribution in [-0.2, 0) is 0 Å². The van der Waals surface area contributed by atoms with Crippen molar-refractivity contribution < 1.29 is 0 Å². The molecule has 0 spiro atoms. The number of hydrogen-bond donors (Lipinski definition) is 1. The van der Waals surface area contributed by atoms with Crippen LogP contribution in [0.25, 0.3) is 0 Å². The number of aryl methyl sites for hydroxylation is 3. The summed E-state index contributed by atoms with van der Waals surface area (Å²) in [4.78, 5) is 0. The van der Waals surface area contributed by atoms with Crippen molar-refractivity contribution in [1.82, 2.24) is 5.32 Å². The lowest BCUT2D eigenvalue weighted by atomic mass is 9.97. The zero-order chi connectivity index (χ0) is 13.3. The molecule has 0 amide bonds. The average Bonchev–Trinajstić information content (AvgIpc) is 3.02. The van der Waals surface area contributed by atoms with E-state index in [0.717, 1.165) is 24.3 Å². The Morgan fingerprint density at radius 3 is 2.44 bits per heavy atom. The van der Waals surface area contributed by atoms with Gasteiger partial charge in [-0.3, -0.25) is 0 Å². The van der Waals surface area contributed by atoms with Crippen LogP contribution in [0.15, 0.2) is 12.1 Å². The molecule has 1 aliphatic carbocycles. The van der Waals surface area contributed by atoms with E-state index >= 15 is 0 Å². The summed E-state index contributed by atoms with van der Waals surface area (Å²) in [5.41, 5.74) is 5.94. The molecule has 0 radical (unpaired) electrons. The molecule has 1 aromatic rings. The van der Waals surface area contributed by atoms with Crippen molar-refractivity contribution >= 4 is 0 Å². The van der Waals surface area contributed by atoms with Crippen LogP contribution in [0.3, 0.4) is 0 Å². The minimum Gasteiger partial charge on any atom is -0.316 e. The minimum atomic E-state index is 0.755. The molecule has 1 aliphatic rings. The van der Waals surface area contributed by atoms with Crippen molar-refractivity contribution in [2.75, 3.05) is 13.1 Å². The van der Waals surface area contributed by atoms with Crippen LogP contribution in [0, 0.1) is 32.6 Å². The van der Waals surface area contributed by atoms with E-state index in [1.54, 1.807) is 5.56 Å². The van der Waals surface area contributed by atoms with Crippen molar-refractivity contribution in [2.45, 2.75) is 47.0 Å². The van der Waals surface area contributed by atoms with Crippen molar-refractivity contribution in [3.05, 3.63) is 34.4 Å². The highest BCUT2D eigenvalue weighted by atomic mass is 14.9. The molecule has 2 rings (SSSR count). The Balaban J connectivity index is 1.93. The van der Waals surface area contributed by atoms with Crippen LogP contribution in [-0.4, -0.2) is 13.1 Å². The Labute approximate surface area is 112 Å². The molecule has 0 bridgehead atoms. The van der Waals surface area contributed by atoms with Crippen molar-refractivity contribution in [1.29, 1.82) is 0 Å². The second-order valence-corrected chi connectivity index (χ2v) is 6.45. The molecule has 0 aromatic heterocycles. The van der Waals surface area contributed by atoms with E-state index in [1.165, 1.54) is 29.7 Å². The zero-order valence-corrected chi connectivity index (χ0v) is 12.5. The fourth-order valence-corrected chi connectivity index (χ4v) is 2.79. The van der Waals surface area contributed by atoms with Crippen LogP contribution in [0.4, 0.5) is 0 Å². The van der Waals surface area contributed by atoms with Gasteiger partial charge >= 0.3 is 0 Å². The van der Waals surface area contributed by atoms with E-state index in [1.807, 2.05) is 0 Å². The molecule has 0 aliphatic heterocycles. The molecule has 18 heavy (non-hydrogen) atoms. The molecule has 2 atom stereocenters. The first kappa shape index (κ1) is 13.6. The maximum atomic E-state index is 3.59. The van der Waals surface area contributed by atoms with Crippen molar-refractivity contribution in [3.8, 4) is 0 Å². The smallest absolute Gasteiger partial charge is 0.00143 e. The first-order valence-electron chi connectivity index (χ1n) is 7.27. The van der Waals surface area contributed by atoms with Gasteiger partial charge in [-0.05, 0) is 80.3 Å². The number of rotatable bonds is 5. The Bertz CT molecular complexity index is 420. The predicted molar refractivity (Wildman–Crippen MR) is 79.2 cm³/mol. The Kier molecular flexibility index (Phi) is 4.11. The lowest BCUT2D eigenvalue weighted by Crippen LogP contribution is -2.22. The molecule has 0 saturated heterocycles. The van der Waals surface area contributed by atoms with Crippen LogP contribution in [0.1, 0.15) is 48.4 Å². The van der Waals surface area contributed by atoms with Crippen LogP contribution < -0.4 is 5.32 Å². The van der Waals surface area contributed by atoms with Gasteiger partial charge in [0.15, 0.2) is 0 Å². The van der Waals surface area contributed by atoms with Gasteiger partial charge in [-0.15, -0.1) is 0 Å². The Morgan fingerprint density at radius 2 is 1.78 bits per heavy atom. The fourth-order valence-electron chi connectivity index (χ4n) is 2.79. The highest BCUT2D eigenvalue weighted by Crippen LogP contribution is 2.48. The van der Waals surface area contributed by atoms with Gasteiger partial charge in [0.05, 0.1) is 0 Å². The van der Waals surface area contributed by atoms with E-state index in [2.05, 4.69) is 52.1 Å². The third-order valence-electron chi connectivity index (χ3n) is 4.16. The van der Waals surface area contributed by atoms with Crippen molar-refractivity contribution in [2.24, 2.45) is 11.8 Å². The average molecular weight is 245 g/mol. The van der Waals surface area contributed by atoms with E-state index in [0.29, 0.717) is 0 Å². The second-order valence-electron chi connectivity index (χ2n) is 6.45. The number of benzene rings is 1. The van der Waals surface area contributed by atoms with Crippen molar-refractivity contribution in [3.63, 3.8) is 0 Å². The van der Waals surface area contributed by atoms with E-state index in [-0.39, 0.29) is 0 Å². The van der Waals surface area contributed by atoms with E-state index < -0.39 is 0 Å². The molecule has 1 saturated carbocycles. The minimum absolute atomic E-state index is 0.755. The summed E-state index contributed by atoms with van der Waals surface area (Å²) in [6.45, 7) is 13.6. The molecule has 1 aromatic carbocycles. The van der Waals surface area contributed by atoms with Gasteiger partial charge in [-0.25, -0.2) is 0 Å². The fraction of sp³-hybridized carbons (Fsp3) is 0.647. The maximum absolute atomic E-state index is 3.59. The predicted octanol–water partition coefficient (Wildman–Crippen LogP) is 3.96. The van der Waals surface area contributed by atoms with E-state index in [4.69, 9.17) is 0 Å². The topological polar surface area (TPSA) is 12.0 Å². The quantitative estimate of drug-likeness (QED) is 0.828. The molecule has 1 heteroatoms. The summed E-state index contributed by atoms with van der Waals surface area (Å²) in [5, 5.41) is 3.59. The van der Waals surface area contributed by atoms with Crippen LogP contribution in [0.2, 0.25) is 0 Å². The highest BCUT2D eigenvalue weighted by molar-refractivity contribution is 5.41. The van der Waals surface area contributed by atoms with E-state index in [9.17, 15) is 0 Å². The van der Waals surface area contributed by atoms with Gasteiger partial charge in [0.2, 0.25) is 0 Å². The lowest BCUT2D eigenvalue weighted by Gasteiger charge is -2.10. The zero-order valence-electron chi connectivity index (χ0n) is 12.5. The SMILES string of the molecule is Cc1cc(C)c(C2CC2CNCC(C)C)cc1C. The molecular weight excluding hydrogens is 218 g/mol. The Hall–Kier alpha value is -0.820. The van der Waals surface area contributed by atoms with Gasteiger partial charge in [0.1, 0.15) is 0 Å². The third-order valence-corrected chi connectivity index (χ3v) is 4.16. The summed E-state index contributed by atoms with van der Waals surface area (Å²) in [6, 6.07) is 4.76. The van der Waals surface area contributed by atoms with Gasteiger partial charge in [0, 0.05) is 0 Å². The van der Waals surface area contributed by atoms with Crippen LogP contribution in [0.5, 0.6) is 0 Å². The van der Waals surface area contributed by atoms with Gasteiger partial charge in [0.25, 0.3) is 0 Å². The molecular formula is C17H27N. The normalized spacial score (nSPS) is 22.6. The third kappa shape index (κ3) is 3.14. The Morgan fingerprint density at radius 1 is 1.11 bits per heavy atom. The lowest BCUT2D eigenvalue weighted by molar-refractivity contribution is 0.532. The number of hydrogen-bond acceptors (Lipinski definition) is 1. The summed E-state index contributed by atoms with van der Waals surface area (Å²) >= 11 is 0. The first-order valence-corrected chi connectivity index (χ1v) is 7.27. The summed E-state index contributed by atoms with van der Waals surface area (Å²) in [7, 11) is 0. The largest absolute Gasteiger partial charge is 0.316 e. The monoisotopic (exact) mass is 245 g/mol. The summed E-state index contributed by atoms with van der Waals surface area (Å²) in [6.07, 6.45) is 1.37. The summed E-state index contributed by atoms with van der Waals surface area (Å²) < 4.78 is 0. The van der Waals surface area contributed by atoms with Crippen LogP contribution >= 0.6 is 0 Å². The van der Waals surface area contributed by atoms with Gasteiger partial charge < -0.3 is 5.32 Å². The molecule has 1 fully saturated rings. The summed E-state index contributed by atoms with van der Waals surface area (Å²) in [5.74, 6) is 2.43. The molecule has 2 unspecified atom stereocenters. The van der Waals surface area contributed by atoms with Gasteiger partial charge in [-0.2, -0.15) is 0 Å². The second kappa shape index (κ2) is 5.44. The highest BCUT2D eigenvalue weighted by Gasteiger charge is 2.38. The first-order chi connectivity index (χ1) is 8.49. The molecule has 1 N–H and O–H groups in total. The molecule has 1 nitrogen and oxygen atoms in total. The molecule has 100 valence electrons.